The lowest BCUT2D eigenvalue weighted by Crippen LogP contribution is -2.49. The molecule has 0 N–H and O–H groups in total. The average molecular weight is 319 g/mol. The maximum Gasteiger partial charge on any atom is 0.228 e. The van der Waals surface area contributed by atoms with Gasteiger partial charge in [-0.25, -0.2) is 4.39 Å². The summed E-state index contributed by atoms with van der Waals surface area (Å²) in [7, 11) is 3.75. The highest BCUT2D eigenvalue weighted by atomic mass is 19.1. The first kappa shape index (κ1) is 15.9. The Kier molecular flexibility index (Phi) is 4.35. The fraction of sp³-hybridized carbons (Fsp3) is 0.529. The number of likely N-dealkylation sites (tertiary alicyclic amines) is 1. The standard InChI is InChI=1S/C17H22FN3O2/c1-19-7-9-21(10-8-19)17(23)14-11-15(22)20(2)16(14)12-3-5-13(18)6-4-12/h3-6,14,16H,7-11H2,1-2H3/t14-,16+/m1/s1. The Bertz CT molecular complexity index is 596. The zero-order valence-corrected chi connectivity index (χ0v) is 13.5. The molecule has 0 aliphatic carbocycles. The molecule has 2 heterocycles. The monoisotopic (exact) mass is 319 g/mol. The number of nitrogens with zero attached hydrogens (tertiary/aromatic N) is 3. The molecular formula is C17H22FN3O2. The SMILES string of the molecule is CN1CCN(C(=O)[C@@H]2CC(=O)N(C)[C@H]2c2ccc(F)cc2)CC1. The van der Waals surface area contributed by atoms with Gasteiger partial charge < -0.3 is 14.7 Å². The van der Waals surface area contributed by atoms with E-state index >= 15 is 0 Å². The van der Waals surface area contributed by atoms with E-state index in [0.29, 0.717) is 13.1 Å². The molecule has 2 atom stereocenters. The minimum absolute atomic E-state index is 0.0325. The van der Waals surface area contributed by atoms with Gasteiger partial charge >= 0.3 is 0 Å². The maximum absolute atomic E-state index is 13.2. The van der Waals surface area contributed by atoms with Crippen molar-refractivity contribution in [1.29, 1.82) is 0 Å². The molecule has 5 nitrogen and oxygen atoms in total. The van der Waals surface area contributed by atoms with Gasteiger partial charge in [0.2, 0.25) is 11.8 Å². The Hall–Kier alpha value is -1.95. The molecule has 3 rings (SSSR count). The van der Waals surface area contributed by atoms with Gasteiger partial charge in [-0.3, -0.25) is 9.59 Å². The second kappa shape index (κ2) is 6.28. The van der Waals surface area contributed by atoms with Gasteiger partial charge in [-0.15, -0.1) is 0 Å². The van der Waals surface area contributed by atoms with Gasteiger partial charge in [-0.05, 0) is 24.7 Å². The van der Waals surface area contributed by atoms with E-state index in [0.717, 1.165) is 18.7 Å². The van der Waals surface area contributed by atoms with Crippen molar-refractivity contribution >= 4 is 11.8 Å². The molecule has 124 valence electrons. The molecule has 2 aliphatic heterocycles. The van der Waals surface area contributed by atoms with Crippen LogP contribution in [0.4, 0.5) is 4.39 Å². The zero-order valence-electron chi connectivity index (χ0n) is 13.5. The summed E-state index contributed by atoms with van der Waals surface area (Å²) in [5, 5.41) is 0. The second-order valence-electron chi connectivity index (χ2n) is 6.44. The smallest absolute Gasteiger partial charge is 0.228 e. The van der Waals surface area contributed by atoms with Crippen molar-refractivity contribution in [1.82, 2.24) is 14.7 Å². The van der Waals surface area contributed by atoms with Crippen LogP contribution in [0.15, 0.2) is 24.3 Å². The summed E-state index contributed by atoms with van der Waals surface area (Å²) in [6.45, 7) is 3.09. The van der Waals surface area contributed by atoms with E-state index in [1.54, 1.807) is 24.1 Å². The number of amides is 2. The van der Waals surface area contributed by atoms with E-state index in [9.17, 15) is 14.0 Å². The quantitative estimate of drug-likeness (QED) is 0.820. The highest BCUT2D eigenvalue weighted by Gasteiger charge is 2.44. The molecule has 0 aromatic heterocycles. The van der Waals surface area contributed by atoms with Crippen LogP contribution >= 0.6 is 0 Å². The maximum atomic E-state index is 13.2. The van der Waals surface area contributed by atoms with Crippen LogP contribution in [0.25, 0.3) is 0 Å². The first-order chi connectivity index (χ1) is 11.0. The molecule has 23 heavy (non-hydrogen) atoms. The molecule has 2 saturated heterocycles. The third kappa shape index (κ3) is 3.08. The summed E-state index contributed by atoms with van der Waals surface area (Å²) < 4.78 is 13.2. The van der Waals surface area contributed by atoms with Crippen molar-refractivity contribution in [2.24, 2.45) is 5.92 Å². The largest absolute Gasteiger partial charge is 0.340 e. The fourth-order valence-electron chi connectivity index (χ4n) is 3.47. The Morgan fingerprint density at radius 3 is 2.30 bits per heavy atom. The van der Waals surface area contributed by atoms with Crippen LogP contribution in [-0.4, -0.2) is 66.8 Å². The number of hydrogen-bond acceptors (Lipinski definition) is 3. The lowest BCUT2D eigenvalue weighted by molar-refractivity contribution is -0.138. The van der Waals surface area contributed by atoms with E-state index in [-0.39, 0.29) is 36.0 Å². The molecule has 0 radical (unpaired) electrons. The van der Waals surface area contributed by atoms with Crippen LogP contribution in [0.1, 0.15) is 18.0 Å². The third-order valence-corrected chi connectivity index (χ3v) is 4.93. The number of carbonyl (C=O) groups is 2. The van der Waals surface area contributed by atoms with Crippen LogP contribution in [-0.2, 0) is 9.59 Å². The summed E-state index contributed by atoms with van der Waals surface area (Å²) in [6, 6.07) is 5.78. The van der Waals surface area contributed by atoms with Crippen LogP contribution in [0.2, 0.25) is 0 Å². The van der Waals surface area contributed by atoms with Gasteiger partial charge in [-0.1, -0.05) is 12.1 Å². The van der Waals surface area contributed by atoms with E-state index in [2.05, 4.69) is 4.90 Å². The molecule has 0 spiro atoms. The highest BCUT2D eigenvalue weighted by Crippen LogP contribution is 2.38. The van der Waals surface area contributed by atoms with Crippen molar-refractivity contribution in [3.05, 3.63) is 35.6 Å². The number of rotatable bonds is 2. The Labute approximate surface area is 135 Å². The Morgan fingerprint density at radius 1 is 1.09 bits per heavy atom. The van der Waals surface area contributed by atoms with Crippen molar-refractivity contribution in [3.8, 4) is 0 Å². The van der Waals surface area contributed by atoms with E-state index < -0.39 is 0 Å². The minimum Gasteiger partial charge on any atom is -0.340 e. The number of hydrogen-bond donors (Lipinski definition) is 0. The average Bonchev–Trinajstić information content (AvgIpc) is 2.84. The molecule has 6 heteroatoms. The van der Waals surface area contributed by atoms with Crippen molar-refractivity contribution < 1.29 is 14.0 Å². The molecule has 2 aliphatic rings. The molecule has 2 fully saturated rings. The Balaban J connectivity index is 1.82. The first-order valence-corrected chi connectivity index (χ1v) is 7.96. The van der Waals surface area contributed by atoms with E-state index in [4.69, 9.17) is 0 Å². The molecular weight excluding hydrogens is 297 g/mol. The molecule has 2 amide bonds. The van der Waals surface area contributed by atoms with Crippen LogP contribution in [0, 0.1) is 11.7 Å². The normalized spacial score (nSPS) is 26.0. The summed E-state index contributed by atoms with van der Waals surface area (Å²) in [6.07, 6.45) is 0.226. The number of halogens is 1. The lowest BCUT2D eigenvalue weighted by atomic mass is 9.92. The van der Waals surface area contributed by atoms with Gasteiger partial charge in [0, 0.05) is 39.6 Å². The predicted octanol–water partition coefficient (Wildman–Crippen LogP) is 1.12. The Morgan fingerprint density at radius 2 is 1.70 bits per heavy atom. The molecule has 1 aromatic carbocycles. The van der Waals surface area contributed by atoms with Gasteiger partial charge in [0.05, 0.1) is 12.0 Å². The van der Waals surface area contributed by atoms with Gasteiger partial charge in [0.15, 0.2) is 0 Å². The van der Waals surface area contributed by atoms with Gasteiger partial charge in [0.25, 0.3) is 0 Å². The number of benzene rings is 1. The third-order valence-electron chi connectivity index (χ3n) is 4.93. The fourth-order valence-corrected chi connectivity index (χ4v) is 3.47. The van der Waals surface area contributed by atoms with Crippen molar-refractivity contribution in [2.75, 3.05) is 40.3 Å². The first-order valence-electron chi connectivity index (χ1n) is 7.96. The van der Waals surface area contributed by atoms with E-state index in [1.165, 1.54) is 12.1 Å². The number of piperazine rings is 1. The summed E-state index contributed by atoms with van der Waals surface area (Å²) >= 11 is 0. The molecule has 0 bridgehead atoms. The highest BCUT2D eigenvalue weighted by molar-refractivity contribution is 5.90. The van der Waals surface area contributed by atoms with E-state index in [1.807, 2.05) is 11.9 Å². The van der Waals surface area contributed by atoms with Crippen LogP contribution in [0.5, 0.6) is 0 Å². The summed E-state index contributed by atoms with van der Waals surface area (Å²) in [5.41, 5.74) is 0.812. The molecule has 0 saturated carbocycles. The van der Waals surface area contributed by atoms with Crippen molar-refractivity contribution in [2.45, 2.75) is 12.5 Å². The predicted molar refractivity (Wildman–Crippen MR) is 84.1 cm³/mol. The molecule has 1 aromatic rings. The summed E-state index contributed by atoms with van der Waals surface area (Å²) in [5.74, 6) is -0.707. The van der Waals surface area contributed by atoms with Crippen molar-refractivity contribution in [3.63, 3.8) is 0 Å². The minimum atomic E-state index is -0.388. The topological polar surface area (TPSA) is 43.9 Å². The summed E-state index contributed by atoms with van der Waals surface area (Å²) in [4.78, 5) is 30.7. The zero-order chi connectivity index (χ0) is 16.6. The number of likely N-dealkylation sites (N-methyl/N-ethyl adjacent to an activating group) is 1. The number of carbonyl (C=O) groups excluding carboxylic acids is 2. The van der Waals surface area contributed by atoms with Gasteiger partial charge in [-0.2, -0.15) is 0 Å². The van der Waals surface area contributed by atoms with Gasteiger partial charge in [0.1, 0.15) is 5.82 Å². The van der Waals surface area contributed by atoms with Crippen LogP contribution in [0.3, 0.4) is 0 Å². The molecule has 0 unspecified atom stereocenters. The van der Waals surface area contributed by atoms with Crippen LogP contribution < -0.4 is 0 Å². The second-order valence-corrected chi connectivity index (χ2v) is 6.44. The lowest BCUT2D eigenvalue weighted by Gasteiger charge is -2.35.